The van der Waals surface area contributed by atoms with E-state index < -0.39 is 5.92 Å². The molecule has 29 heavy (non-hydrogen) atoms. The summed E-state index contributed by atoms with van der Waals surface area (Å²) < 4.78 is 20.0. The van der Waals surface area contributed by atoms with Crippen molar-refractivity contribution in [2.75, 3.05) is 0 Å². The molecule has 2 aromatic carbocycles. The van der Waals surface area contributed by atoms with Gasteiger partial charge in [0, 0.05) is 27.0 Å². The first kappa shape index (κ1) is 19.4. The number of aryl methyl sites for hydroxylation is 1. The highest BCUT2D eigenvalue weighted by atomic mass is 79.9. The number of aromatic nitrogens is 2. The number of nitrogens with one attached hydrogen (secondary N) is 2. The number of nitrogens with zero attached hydrogens (tertiary/aromatic N) is 1. The maximum absolute atomic E-state index is 14.0. The van der Waals surface area contributed by atoms with E-state index >= 15 is 0 Å². The van der Waals surface area contributed by atoms with Crippen molar-refractivity contribution < 1.29 is 13.7 Å². The van der Waals surface area contributed by atoms with Crippen molar-refractivity contribution in [3.05, 3.63) is 75.8 Å². The van der Waals surface area contributed by atoms with E-state index in [1.54, 1.807) is 12.1 Å². The number of carbonyl (C=O) groups is 1. The molecule has 1 unspecified atom stereocenters. The van der Waals surface area contributed by atoms with Crippen LogP contribution in [0.5, 0.6) is 0 Å². The molecule has 0 spiro atoms. The first-order valence-corrected chi connectivity index (χ1v) is 9.99. The van der Waals surface area contributed by atoms with E-state index in [9.17, 15) is 9.18 Å². The molecule has 0 aliphatic rings. The predicted molar refractivity (Wildman–Crippen MR) is 113 cm³/mol. The van der Waals surface area contributed by atoms with Crippen LogP contribution in [0.25, 0.3) is 22.2 Å². The number of rotatable bonds is 5. The van der Waals surface area contributed by atoms with Gasteiger partial charge in [-0.05, 0) is 43.7 Å². The van der Waals surface area contributed by atoms with Crippen LogP contribution in [0, 0.1) is 12.7 Å². The van der Waals surface area contributed by atoms with Gasteiger partial charge >= 0.3 is 0 Å². The number of aromatic amines is 1. The Bertz CT molecular complexity index is 1200. The third-order valence-electron chi connectivity index (χ3n) is 4.88. The van der Waals surface area contributed by atoms with E-state index in [0.717, 1.165) is 32.5 Å². The molecule has 1 atom stereocenters. The molecule has 1 amide bonds. The van der Waals surface area contributed by atoms with Crippen LogP contribution in [0.1, 0.15) is 29.9 Å². The summed E-state index contributed by atoms with van der Waals surface area (Å²) in [5.74, 6) is -0.464. The summed E-state index contributed by atoms with van der Waals surface area (Å²) in [6.45, 7) is 3.88. The first-order valence-electron chi connectivity index (χ1n) is 9.20. The Hall–Kier alpha value is -2.93. The topological polar surface area (TPSA) is 70.9 Å². The van der Waals surface area contributed by atoms with Gasteiger partial charge in [0.25, 0.3) is 0 Å². The van der Waals surface area contributed by atoms with Gasteiger partial charge in [-0.2, -0.15) is 0 Å². The van der Waals surface area contributed by atoms with Crippen LogP contribution in [0.15, 0.2) is 57.5 Å². The first-order chi connectivity index (χ1) is 13.9. The second-order valence-corrected chi connectivity index (χ2v) is 7.81. The van der Waals surface area contributed by atoms with Gasteiger partial charge in [0.2, 0.25) is 5.91 Å². The number of hydrogen-bond donors (Lipinski definition) is 2. The highest BCUT2D eigenvalue weighted by Gasteiger charge is 2.25. The van der Waals surface area contributed by atoms with Gasteiger partial charge in [-0.25, -0.2) is 4.39 Å². The fourth-order valence-corrected chi connectivity index (χ4v) is 3.95. The lowest BCUT2D eigenvalue weighted by molar-refractivity contribution is -0.122. The number of benzene rings is 2. The van der Waals surface area contributed by atoms with Gasteiger partial charge in [0.1, 0.15) is 5.82 Å². The minimum atomic E-state index is -0.517. The van der Waals surface area contributed by atoms with Gasteiger partial charge in [-0.15, -0.1) is 0 Å². The molecule has 0 fully saturated rings. The van der Waals surface area contributed by atoms with Crippen LogP contribution in [0.4, 0.5) is 4.39 Å². The lowest BCUT2D eigenvalue weighted by Gasteiger charge is -2.14. The van der Waals surface area contributed by atoms with Gasteiger partial charge in [0.15, 0.2) is 5.76 Å². The van der Waals surface area contributed by atoms with Crippen molar-refractivity contribution in [2.24, 2.45) is 0 Å². The Balaban J connectivity index is 1.74. The maximum Gasteiger partial charge on any atom is 0.227 e. The summed E-state index contributed by atoms with van der Waals surface area (Å²) in [6, 6.07) is 14.1. The van der Waals surface area contributed by atoms with Crippen molar-refractivity contribution in [2.45, 2.75) is 26.3 Å². The van der Waals surface area contributed by atoms with Crippen LogP contribution in [-0.4, -0.2) is 16.0 Å². The number of fused-ring (bicyclic) bond motifs is 1. The molecule has 0 radical (unpaired) electrons. The maximum atomic E-state index is 14.0. The lowest BCUT2D eigenvalue weighted by atomic mass is 9.94. The number of carbonyl (C=O) groups excluding carboxylic acids is 1. The normalized spacial score (nSPS) is 12.3. The second-order valence-electron chi connectivity index (χ2n) is 6.96. The smallest absolute Gasteiger partial charge is 0.227 e. The van der Waals surface area contributed by atoms with Crippen LogP contribution < -0.4 is 5.32 Å². The summed E-state index contributed by atoms with van der Waals surface area (Å²) >= 11 is 3.57. The summed E-state index contributed by atoms with van der Waals surface area (Å²) in [7, 11) is 0. The van der Waals surface area contributed by atoms with Crippen LogP contribution >= 0.6 is 15.9 Å². The minimum absolute atomic E-state index is 0.183. The van der Waals surface area contributed by atoms with E-state index in [1.807, 2.05) is 38.1 Å². The van der Waals surface area contributed by atoms with Gasteiger partial charge in [-0.3, -0.25) is 4.79 Å². The van der Waals surface area contributed by atoms with Crippen molar-refractivity contribution in [1.82, 2.24) is 15.5 Å². The van der Waals surface area contributed by atoms with Crippen molar-refractivity contribution in [1.29, 1.82) is 0 Å². The zero-order valence-corrected chi connectivity index (χ0v) is 17.5. The Morgan fingerprint density at radius 3 is 2.79 bits per heavy atom. The summed E-state index contributed by atoms with van der Waals surface area (Å²) in [5, 5.41) is 7.39. The molecular formula is C22H19BrFN3O2. The Kier molecular flexibility index (Phi) is 5.24. The molecule has 0 saturated heterocycles. The largest absolute Gasteiger partial charge is 0.359 e. The quantitative estimate of drug-likeness (QED) is 0.420. The third-order valence-corrected chi connectivity index (χ3v) is 5.58. The zero-order chi connectivity index (χ0) is 20.5. The number of H-pyrrole nitrogens is 1. The molecule has 2 N–H and O–H groups in total. The number of amides is 1. The molecule has 2 heterocycles. The lowest BCUT2D eigenvalue weighted by Crippen LogP contribution is -2.27. The van der Waals surface area contributed by atoms with Crippen molar-refractivity contribution in [3.8, 4) is 11.3 Å². The molecule has 0 aliphatic heterocycles. The molecule has 7 heteroatoms. The summed E-state index contributed by atoms with van der Waals surface area (Å²) in [6.07, 6.45) is 0. The van der Waals surface area contributed by atoms with Gasteiger partial charge < -0.3 is 14.8 Å². The fourth-order valence-electron chi connectivity index (χ4n) is 3.47. The predicted octanol–water partition coefficient (Wildman–Crippen LogP) is 5.45. The Morgan fingerprint density at radius 1 is 1.28 bits per heavy atom. The second kappa shape index (κ2) is 7.83. The van der Waals surface area contributed by atoms with Crippen LogP contribution in [-0.2, 0) is 11.3 Å². The molecule has 4 aromatic rings. The van der Waals surface area contributed by atoms with E-state index in [2.05, 4.69) is 31.4 Å². The molecule has 0 bridgehead atoms. The van der Waals surface area contributed by atoms with E-state index in [1.165, 1.54) is 12.1 Å². The molecule has 0 saturated carbocycles. The van der Waals surface area contributed by atoms with Crippen LogP contribution in [0.2, 0.25) is 0 Å². The number of halogens is 2. The van der Waals surface area contributed by atoms with E-state index in [-0.39, 0.29) is 18.3 Å². The Labute approximate surface area is 175 Å². The molecular weight excluding hydrogens is 437 g/mol. The molecule has 5 nitrogen and oxygen atoms in total. The zero-order valence-electron chi connectivity index (χ0n) is 15.9. The SMILES string of the molecule is Cc1cc(CNC(=O)C(C)c2c(-c3ccccc3Br)[nH]c3ccc(F)cc23)on1. The summed E-state index contributed by atoms with van der Waals surface area (Å²) in [5.41, 5.74) is 3.97. The molecule has 4 rings (SSSR count). The van der Waals surface area contributed by atoms with Gasteiger partial charge in [-0.1, -0.05) is 39.3 Å². The molecule has 148 valence electrons. The Morgan fingerprint density at radius 2 is 2.07 bits per heavy atom. The average molecular weight is 456 g/mol. The summed E-state index contributed by atoms with van der Waals surface area (Å²) in [4.78, 5) is 16.3. The highest BCUT2D eigenvalue weighted by molar-refractivity contribution is 9.10. The number of hydrogen-bond acceptors (Lipinski definition) is 3. The minimum Gasteiger partial charge on any atom is -0.359 e. The average Bonchev–Trinajstić information content (AvgIpc) is 3.28. The van der Waals surface area contributed by atoms with E-state index in [0.29, 0.717) is 11.1 Å². The standard InChI is InChI=1S/C22H19BrFN3O2/c1-12-9-15(29-27-12)11-25-22(28)13(2)20-17-10-14(24)7-8-19(17)26-21(20)16-5-3-4-6-18(16)23/h3-10,13,26H,11H2,1-2H3,(H,25,28). The van der Waals surface area contributed by atoms with Crippen molar-refractivity contribution in [3.63, 3.8) is 0 Å². The third kappa shape index (κ3) is 3.82. The van der Waals surface area contributed by atoms with Crippen molar-refractivity contribution >= 4 is 32.7 Å². The molecule has 0 aliphatic carbocycles. The fraction of sp³-hybridized carbons (Fsp3) is 0.182. The molecule has 2 aromatic heterocycles. The highest BCUT2D eigenvalue weighted by Crippen LogP contribution is 2.38. The van der Waals surface area contributed by atoms with Gasteiger partial charge in [0.05, 0.1) is 23.9 Å². The van der Waals surface area contributed by atoms with Crippen LogP contribution in [0.3, 0.4) is 0 Å². The van der Waals surface area contributed by atoms with E-state index in [4.69, 9.17) is 4.52 Å². The monoisotopic (exact) mass is 455 g/mol.